The van der Waals surface area contributed by atoms with Crippen LogP contribution in [0.25, 0.3) is 5.82 Å². The van der Waals surface area contributed by atoms with Gasteiger partial charge in [0.05, 0.1) is 0 Å². The van der Waals surface area contributed by atoms with Crippen LogP contribution in [-0.4, -0.2) is 26.7 Å². The maximum absolute atomic E-state index is 12.6. The summed E-state index contributed by atoms with van der Waals surface area (Å²) in [6.45, 7) is 0.521. The molecule has 0 saturated heterocycles. The van der Waals surface area contributed by atoms with Crippen LogP contribution < -0.4 is 11.1 Å². The molecule has 2 aromatic rings. The number of fused-ring (bicyclic) bond motifs is 2. The van der Waals surface area contributed by atoms with Gasteiger partial charge in [-0.05, 0) is 61.3 Å². The third kappa shape index (κ3) is 3.44. The van der Waals surface area contributed by atoms with Crippen LogP contribution in [0.5, 0.6) is 0 Å². The number of rotatable bonds is 4. The fourth-order valence-corrected chi connectivity index (χ4v) is 4.44. The van der Waals surface area contributed by atoms with E-state index in [4.69, 9.17) is 5.73 Å². The van der Waals surface area contributed by atoms with Crippen LogP contribution in [0.15, 0.2) is 36.8 Å². The zero-order valence-electron chi connectivity index (χ0n) is 14.3. The number of nitrogens with two attached hydrogens (primary N) is 1. The molecule has 2 aromatic heterocycles. The Kier molecular flexibility index (Phi) is 4.53. The fourth-order valence-electron chi connectivity index (χ4n) is 4.44. The van der Waals surface area contributed by atoms with Crippen LogP contribution in [0.1, 0.15) is 37.7 Å². The first kappa shape index (κ1) is 16.3. The van der Waals surface area contributed by atoms with Crippen molar-refractivity contribution in [2.75, 3.05) is 0 Å². The molecule has 2 unspecified atom stereocenters. The molecular weight excluding hydrogens is 314 g/mol. The highest BCUT2D eigenvalue weighted by Gasteiger charge is 2.40. The van der Waals surface area contributed by atoms with Crippen molar-refractivity contribution in [2.45, 2.75) is 44.7 Å². The molecule has 2 bridgehead atoms. The van der Waals surface area contributed by atoms with Crippen molar-refractivity contribution in [1.29, 1.82) is 0 Å². The summed E-state index contributed by atoms with van der Waals surface area (Å²) in [5, 5.41) is 7.30. The van der Waals surface area contributed by atoms with Gasteiger partial charge in [0.15, 0.2) is 5.82 Å². The Balaban J connectivity index is 1.37. The molecule has 25 heavy (non-hydrogen) atoms. The predicted molar refractivity (Wildman–Crippen MR) is 94.7 cm³/mol. The largest absolute Gasteiger partial charge is 0.352 e. The van der Waals surface area contributed by atoms with Crippen molar-refractivity contribution in [1.82, 2.24) is 20.1 Å². The molecule has 2 aliphatic carbocycles. The SMILES string of the molecule is NC1C2CCCC1CC(C(=O)NCc1ccnc(-n3cccn3)c1)C2. The van der Waals surface area contributed by atoms with Crippen molar-refractivity contribution >= 4 is 5.91 Å². The van der Waals surface area contributed by atoms with Crippen LogP contribution in [0, 0.1) is 17.8 Å². The first-order chi connectivity index (χ1) is 12.2. The zero-order valence-corrected chi connectivity index (χ0v) is 14.3. The smallest absolute Gasteiger partial charge is 0.223 e. The molecular formula is C19H25N5O. The number of hydrogen-bond donors (Lipinski definition) is 2. The number of aromatic nitrogens is 3. The number of nitrogens with zero attached hydrogens (tertiary/aromatic N) is 3. The highest BCUT2D eigenvalue weighted by atomic mass is 16.1. The second-order valence-corrected chi connectivity index (χ2v) is 7.39. The van der Waals surface area contributed by atoms with Crippen molar-refractivity contribution in [3.05, 3.63) is 42.4 Å². The monoisotopic (exact) mass is 339 g/mol. The Bertz CT molecular complexity index is 715. The number of carbonyl (C=O) groups is 1. The minimum absolute atomic E-state index is 0.113. The van der Waals surface area contributed by atoms with Crippen LogP contribution in [0.4, 0.5) is 0 Å². The van der Waals surface area contributed by atoms with Gasteiger partial charge in [0.25, 0.3) is 0 Å². The summed E-state index contributed by atoms with van der Waals surface area (Å²) in [7, 11) is 0. The van der Waals surface area contributed by atoms with E-state index in [1.165, 1.54) is 19.3 Å². The van der Waals surface area contributed by atoms with Crippen molar-refractivity contribution in [3.63, 3.8) is 0 Å². The number of amides is 1. The molecule has 6 nitrogen and oxygen atoms in total. The van der Waals surface area contributed by atoms with Gasteiger partial charge in [-0.25, -0.2) is 9.67 Å². The van der Waals surface area contributed by atoms with Crippen molar-refractivity contribution < 1.29 is 4.79 Å². The molecule has 3 N–H and O–H groups in total. The molecule has 2 atom stereocenters. The third-order valence-corrected chi connectivity index (χ3v) is 5.80. The second kappa shape index (κ2) is 6.96. The summed E-state index contributed by atoms with van der Waals surface area (Å²) >= 11 is 0. The average molecular weight is 339 g/mol. The van der Waals surface area contributed by atoms with Crippen molar-refractivity contribution in [3.8, 4) is 5.82 Å². The summed E-state index contributed by atoms with van der Waals surface area (Å²) in [5.41, 5.74) is 7.36. The highest BCUT2D eigenvalue weighted by molar-refractivity contribution is 5.78. The zero-order chi connectivity index (χ0) is 17.2. The van der Waals surface area contributed by atoms with Crippen molar-refractivity contribution in [2.24, 2.45) is 23.5 Å². The molecule has 4 rings (SSSR count). The van der Waals surface area contributed by atoms with Gasteiger partial charge in [0.1, 0.15) is 0 Å². The van der Waals surface area contributed by atoms with Crippen LogP contribution in [0.3, 0.4) is 0 Å². The summed E-state index contributed by atoms with van der Waals surface area (Å²) in [4.78, 5) is 17.0. The lowest BCUT2D eigenvalue weighted by atomic mass is 9.65. The van der Waals surface area contributed by atoms with Crippen LogP contribution in [0.2, 0.25) is 0 Å². The summed E-state index contributed by atoms with van der Waals surface area (Å²) in [6, 6.07) is 6.05. The van der Waals surface area contributed by atoms with Crippen LogP contribution in [-0.2, 0) is 11.3 Å². The van der Waals surface area contributed by atoms with Gasteiger partial charge in [0, 0.05) is 37.1 Å². The number of nitrogens with one attached hydrogen (secondary N) is 1. The van der Waals surface area contributed by atoms with Gasteiger partial charge in [-0.2, -0.15) is 5.10 Å². The molecule has 2 aliphatic rings. The summed E-state index contributed by atoms with van der Waals surface area (Å²) in [6.07, 6.45) is 10.8. The van der Waals surface area contributed by atoms with E-state index in [-0.39, 0.29) is 11.8 Å². The van der Waals surface area contributed by atoms with E-state index in [9.17, 15) is 4.79 Å². The fraction of sp³-hybridized carbons (Fsp3) is 0.526. The van der Waals surface area contributed by atoms with Gasteiger partial charge >= 0.3 is 0 Å². The van der Waals surface area contributed by atoms with E-state index in [1.807, 2.05) is 24.4 Å². The molecule has 0 aromatic carbocycles. The molecule has 6 heteroatoms. The molecule has 132 valence electrons. The summed E-state index contributed by atoms with van der Waals surface area (Å²) < 4.78 is 1.72. The lowest BCUT2D eigenvalue weighted by molar-refractivity contribution is -0.128. The maximum Gasteiger partial charge on any atom is 0.223 e. The minimum Gasteiger partial charge on any atom is -0.352 e. The first-order valence-electron chi connectivity index (χ1n) is 9.19. The number of pyridine rings is 1. The normalized spacial score (nSPS) is 28.5. The predicted octanol–water partition coefficient (Wildman–Crippen LogP) is 2.04. The molecule has 0 radical (unpaired) electrons. The second-order valence-electron chi connectivity index (χ2n) is 7.39. The molecule has 2 saturated carbocycles. The van der Waals surface area contributed by atoms with Gasteiger partial charge < -0.3 is 11.1 Å². The topological polar surface area (TPSA) is 85.8 Å². The lowest BCUT2D eigenvalue weighted by Crippen LogP contribution is -2.49. The Hall–Kier alpha value is -2.21. The number of hydrogen-bond acceptors (Lipinski definition) is 4. The van der Waals surface area contributed by atoms with Gasteiger partial charge in [-0.1, -0.05) is 6.42 Å². The maximum atomic E-state index is 12.6. The van der Waals surface area contributed by atoms with Crippen LogP contribution >= 0.6 is 0 Å². The first-order valence-corrected chi connectivity index (χ1v) is 9.19. The van der Waals surface area contributed by atoms with Gasteiger partial charge in [0.2, 0.25) is 5.91 Å². The Morgan fingerprint density at radius 3 is 2.80 bits per heavy atom. The molecule has 1 amide bonds. The molecule has 0 aliphatic heterocycles. The van der Waals surface area contributed by atoms with E-state index < -0.39 is 0 Å². The molecule has 2 fully saturated rings. The van der Waals surface area contributed by atoms with Gasteiger partial charge in [-0.3, -0.25) is 4.79 Å². The number of carbonyl (C=O) groups excluding carboxylic acids is 1. The van der Waals surface area contributed by atoms with E-state index in [1.54, 1.807) is 17.1 Å². The highest BCUT2D eigenvalue weighted by Crippen LogP contribution is 2.41. The molecule has 2 heterocycles. The third-order valence-electron chi connectivity index (χ3n) is 5.80. The van der Waals surface area contributed by atoms with E-state index >= 15 is 0 Å². The quantitative estimate of drug-likeness (QED) is 0.892. The minimum atomic E-state index is 0.113. The standard InChI is InChI=1S/C19H25N5O/c20-18-14-3-1-4-15(18)11-16(10-14)19(25)22-12-13-5-7-21-17(9-13)24-8-2-6-23-24/h2,5-9,14-16,18H,1,3-4,10-12,20H2,(H,22,25). The Morgan fingerprint density at radius 2 is 2.08 bits per heavy atom. The lowest BCUT2D eigenvalue weighted by Gasteiger charge is -2.43. The average Bonchev–Trinajstić information content (AvgIpc) is 3.14. The van der Waals surface area contributed by atoms with E-state index in [0.29, 0.717) is 24.4 Å². The molecule has 0 spiro atoms. The summed E-state index contributed by atoms with van der Waals surface area (Å²) in [5.74, 6) is 2.09. The Morgan fingerprint density at radius 1 is 1.28 bits per heavy atom. The van der Waals surface area contributed by atoms with E-state index in [2.05, 4.69) is 15.4 Å². The Labute approximate surface area is 147 Å². The van der Waals surface area contributed by atoms with E-state index in [0.717, 1.165) is 24.2 Å². The van der Waals surface area contributed by atoms with Gasteiger partial charge in [-0.15, -0.1) is 0 Å².